The van der Waals surface area contributed by atoms with Gasteiger partial charge >= 0.3 is 0 Å². The van der Waals surface area contributed by atoms with E-state index in [-0.39, 0.29) is 12.0 Å². The van der Waals surface area contributed by atoms with Crippen molar-refractivity contribution in [1.82, 2.24) is 20.1 Å². The number of amides is 1. The zero-order valence-electron chi connectivity index (χ0n) is 15.6. The van der Waals surface area contributed by atoms with Crippen molar-refractivity contribution in [3.8, 4) is 5.75 Å². The summed E-state index contributed by atoms with van der Waals surface area (Å²) in [6, 6.07) is 5.52. The van der Waals surface area contributed by atoms with Gasteiger partial charge in [-0.05, 0) is 56.7 Å². The fourth-order valence-electron chi connectivity index (χ4n) is 4.24. The maximum atomic E-state index is 12.7. The quantitative estimate of drug-likeness (QED) is 0.888. The van der Waals surface area contributed by atoms with Crippen molar-refractivity contribution in [3.63, 3.8) is 0 Å². The molecule has 2 aliphatic rings. The van der Waals surface area contributed by atoms with Gasteiger partial charge in [0.1, 0.15) is 11.9 Å². The molecule has 1 saturated carbocycles. The van der Waals surface area contributed by atoms with Gasteiger partial charge in [-0.15, -0.1) is 0 Å². The molecule has 1 saturated heterocycles. The lowest BCUT2D eigenvalue weighted by atomic mass is 9.78. The summed E-state index contributed by atoms with van der Waals surface area (Å²) in [5.41, 5.74) is 2.33. The summed E-state index contributed by atoms with van der Waals surface area (Å²) in [6.45, 7) is 5.21. The monoisotopic (exact) mass is 368 g/mol. The van der Waals surface area contributed by atoms with E-state index in [1.54, 1.807) is 6.07 Å². The van der Waals surface area contributed by atoms with Gasteiger partial charge in [0.15, 0.2) is 0 Å². The van der Waals surface area contributed by atoms with Gasteiger partial charge in [-0.25, -0.2) is 0 Å². The number of carbonyl (C=O) groups is 1. The summed E-state index contributed by atoms with van der Waals surface area (Å²) in [5, 5.41) is 18.1. The number of aliphatic hydroxyl groups is 1. The molecule has 0 aromatic carbocycles. The Kier molecular flexibility index (Phi) is 4.78. The minimum Gasteiger partial charge on any atom is -0.486 e. The maximum Gasteiger partial charge on any atom is 0.255 e. The highest BCUT2D eigenvalue weighted by molar-refractivity contribution is 5.94. The highest BCUT2D eigenvalue weighted by Gasteiger charge is 2.44. The summed E-state index contributed by atoms with van der Waals surface area (Å²) in [6.07, 6.45) is 3.60. The van der Waals surface area contributed by atoms with Crippen LogP contribution in [0.15, 0.2) is 30.6 Å². The topological polar surface area (TPSA) is 88.4 Å². The van der Waals surface area contributed by atoms with Crippen LogP contribution >= 0.6 is 0 Å². The molecule has 2 fully saturated rings. The zero-order chi connectivity index (χ0) is 19.0. The molecule has 0 bridgehead atoms. The molecule has 4 atom stereocenters. The number of ether oxygens (including phenoxy) is 1. The van der Waals surface area contributed by atoms with E-state index in [1.165, 1.54) is 12.4 Å². The lowest BCUT2D eigenvalue weighted by Crippen LogP contribution is -2.42. The zero-order valence-corrected chi connectivity index (χ0v) is 15.6. The van der Waals surface area contributed by atoms with Gasteiger partial charge < -0.3 is 14.7 Å². The Hall–Kier alpha value is -2.54. The smallest absolute Gasteiger partial charge is 0.255 e. The molecule has 0 radical (unpaired) electrons. The number of hydrogen-bond acceptors (Lipinski definition) is 6. The van der Waals surface area contributed by atoms with E-state index in [2.05, 4.69) is 15.2 Å². The molecule has 0 spiro atoms. The van der Waals surface area contributed by atoms with Crippen LogP contribution in [0.1, 0.15) is 34.6 Å². The first kappa shape index (κ1) is 17.9. The third kappa shape index (κ3) is 3.64. The second-order valence-electron chi connectivity index (χ2n) is 7.59. The SMILES string of the molecule is Cc1ccc(O[C@@H]2C[C@@H]3CN(C(=O)c4ccnnc4)C[C@@H]3C[C@H]2O)c(C)n1. The molecule has 7 heteroatoms. The molecule has 1 aliphatic heterocycles. The van der Waals surface area contributed by atoms with Crippen LogP contribution in [-0.4, -0.2) is 56.4 Å². The van der Waals surface area contributed by atoms with Crippen molar-refractivity contribution in [1.29, 1.82) is 0 Å². The van der Waals surface area contributed by atoms with Crippen molar-refractivity contribution >= 4 is 5.91 Å². The molecule has 0 unspecified atom stereocenters. The number of aryl methyl sites for hydroxylation is 2. The third-order valence-corrected chi connectivity index (χ3v) is 5.66. The van der Waals surface area contributed by atoms with E-state index in [0.717, 1.165) is 23.6 Å². The van der Waals surface area contributed by atoms with E-state index in [9.17, 15) is 9.90 Å². The minimum absolute atomic E-state index is 0.0233. The summed E-state index contributed by atoms with van der Waals surface area (Å²) in [4.78, 5) is 19.0. The Balaban J connectivity index is 1.43. The summed E-state index contributed by atoms with van der Waals surface area (Å²) >= 11 is 0. The number of fused-ring (bicyclic) bond motifs is 1. The van der Waals surface area contributed by atoms with Crippen LogP contribution in [0.5, 0.6) is 5.75 Å². The van der Waals surface area contributed by atoms with Crippen LogP contribution in [-0.2, 0) is 0 Å². The van der Waals surface area contributed by atoms with Crippen LogP contribution in [0.3, 0.4) is 0 Å². The van der Waals surface area contributed by atoms with E-state index in [1.807, 2.05) is 30.9 Å². The second-order valence-corrected chi connectivity index (χ2v) is 7.59. The van der Waals surface area contributed by atoms with Crippen LogP contribution in [0.4, 0.5) is 0 Å². The van der Waals surface area contributed by atoms with Gasteiger partial charge in [-0.3, -0.25) is 9.78 Å². The molecule has 7 nitrogen and oxygen atoms in total. The molecule has 1 N–H and O–H groups in total. The highest BCUT2D eigenvalue weighted by atomic mass is 16.5. The lowest BCUT2D eigenvalue weighted by Gasteiger charge is -2.35. The molecule has 3 heterocycles. The highest BCUT2D eigenvalue weighted by Crippen LogP contribution is 2.38. The number of pyridine rings is 1. The first-order valence-corrected chi connectivity index (χ1v) is 9.36. The first-order valence-electron chi connectivity index (χ1n) is 9.36. The minimum atomic E-state index is -0.537. The third-order valence-electron chi connectivity index (χ3n) is 5.66. The van der Waals surface area contributed by atoms with Crippen LogP contribution in [0.2, 0.25) is 0 Å². The standard InChI is InChI=1S/C20H24N4O3/c1-12-3-4-18(13(2)23-12)27-19-8-16-11-24(10-15(16)7-17(19)25)20(26)14-5-6-21-22-9-14/h3-6,9,15-17,19,25H,7-8,10-11H2,1-2H3/t15-,16+,17+,19+/m0/s1. The Labute approximate surface area is 158 Å². The van der Waals surface area contributed by atoms with Crippen molar-refractivity contribution < 1.29 is 14.6 Å². The summed E-state index contributed by atoms with van der Waals surface area (Å²) < 4.78 is 6.11. The van der Waals surface area contributed by atoms with Crippen LogP contribution in [0, 0.1) is 25.7 Å². The number of hydrogen-bond donors (Lipinski definition) is 1. The fraction of sp³-hybridized carbons (Fsp3) is 0.500. The molecule has 4 rings (SSSR count). The molecular weight excluding hydrogens is 344 g/mol. The van der Waals surface area contributed by atoms with Crippen molar-refractivity contribution in [3.05, 3.63) is 47.5 Å². The van der Waals surface area contributed by atoms with Crippen LogP contribution in [0.25, 0.3) is 0 Å². The van der Waals surface area contributed by atoms with Gasteiger partial charge in [0.2, 0.25) is 0 Å². The Morgan fingerprint density at radius 3 is 2.63 bits per heavy atom. The fourth-order valence-corrected chi connectivity index (χ4v) is 4.24. The van der Waals surface area contributed by atoms with E-state index in [4.69, 9.17) is 4.74 Å². The normalized spacial score (nSPS) is 27.3. The van der Waals surface area contributed by atoms with E-state index < -0.39 is 6.10 Å². The van der Waals surface area contributed by atoms with Gasteiger partial charge in [0, 0.05) is 18.8 Å². The number of likely N-dealkylation sites (tertiary alicyclic amines) is 1. The maximum absolute atomic E-state index is 12.7. The van der Waals surface area contributed by atoms with Gasteiger partial charge in [-0.2, -0.15) is 10.2 Å². The lowest BCUT2D eigenvalue weighted by molar-refractivity contribution is -0.0236. The predicted octanol–water partition coefficient (Wildman–Crippen LogP) is 1.78. The number of nitrogens with zero attached hydrogens (tertiary/aromatic N) is 4. The largest absolute Gasteiger partial charge is 0.486 e. The summed E-state index contributed by atoms with van der Waals surface area (Å²) in [7, 11) is 0. The summed E-state index contributed by atoms with van der Waals surface area (Å²) in [5.74, 6) is 1.33. The van der Waals surface area contributed by atoms with Crippen molar-refractivity contribution in [2.75, 3.05) is 13.1 Å². The Bertz CT molecular complexity index is 829. The molecule has 1 aliphatic carbocycles. The predicted molar refractivity (Wildman–Crippen MR) is 98.3 cm³/mol. The number of aromatic nitrogens is 3. The van der Waals surface area contributed by atoms with Gasteiger partial charge in [-0.1, -0.05) is 0 Å². The number of rotatable bonds is 3. The first-order chi connectivity index (χ1) is 13.0. The van der Waals surface area contributed by atoms with Gasteiger partial charge in [0.25, 0.3) is 5.91 Å². The Morgan fingerprint density at radius 2 is 1.93 bits per heavy atom. The molecule has 142 valence electrons. The molecular formula is C20H24N4O3. The van der Waals surface area contributed by atoms with Crippen molar-refractivity contribution in [2.45, 2.75) is 38.9 Å². The average molecular weight is 368 g/mol. The molecule has 2 aromatic rings. The Morgan fingerprint density at radius 1 is 1.15 bits per heavy atom. The second kappa shape index (κ2) is 7.23. The van der Waals surface area contributed by atoms with E-state index in [0.29, 0.717) is 36.9 Å². The average Bonchev–Trinajstić information content (AvgIpc) is 3.07. The van der Waals surface area contributed by atoms with Crippen molar-refractivity contribution in [2.24, 2.45) is 11.8 Å². The van der Waals surface area contributed by atoms with Crippen LogP contribution < -0.4 is 4.74 Å². The molecule has 27 heavy (non-hydrogen) atoms. The van der Waals surface area contributed by atoms with Gasteiger partial charge in [0.05, 0.1) is 29.8 Å². The number of aliphatic hydroxyl groups excluding tert-OH is 1. The van der Waals surface area contributed by atoms with E-state index >= 15 is 0 Å². The number of carbonyl (C=O) groups excluding carboxylic acids is 1. The molecule has 2 aromatic heterocycles. The molecule has 1 amide bonds.